The van der Waals surface area contributed by atoms with Crippen molar-refractivity contribution >= 4 is 23.4 Å². The van der Waals surface area contributed by atoms with Crippen LogP contribution in [0.15, 0.2) is 41.6 Å². The monoisotopic (exact) mass is 371 g/mol. The third-order valence-electron chi connectivity index (χ3n) is 3.48. The summed E-state index contributed by atoms with van der Waals surface area (Å²) < 4.78 is 4.74. The van der Waals surface area contributed by atoms with E-state index in [9.17, 15) is 19.2 Å². The number of hydrogen-bond acceptors (Lipinski definition) is 7. The lowest BCUT2D eigenvalue weighted by molar-refractivity contribution is -0.147. The van der Waals surface area contributed by atoms with Gasteiger partial charge in [-0.05, 0) is 6.92 Å². The summed E-state index contributed by atoms with van der Waals surface area (Å²) in [7, 11) is 0. The smallest absolute Gasteiger partial charge is 0.308 e. The second kappa shape index (κ2) is 11.2. The number of benzene rings is 1. The van der Waals surface area contributed by atoms with Crippen LogP contribution in [0, 0.1) is 11.3 Å². The number of hydrogen-bond donors (Lipinski definition) is 2. The van der Waals surface area contributed by atoms with Crippen molar-refractivity contribution in [2.45, 2.75) is 26.2 Å². The van der Waals surface area contributed by atoms with Crippen LogP contribution in [0.5, 0.6) is 0 Å². The number of rotatable bonds is 10. The number of allylic oxidation sites excluding steroid dienone is 1. The second-order valence-electron chi connectivity index (χ2n) is 5.64. The number of carbonyl (C=O) groups excluding carboxylic acids is 4. The summed E-state index contributed by atoms with van der Waals surface area (Å²) in [4.78, 5) is 46.8. The van der Waals surface area contributed by atoms with Gasteiger partial charge in [0.2, 0.25) is 11.7 Å². The average molecular weight is 371 g/mol. The van der Waals surface area contributed by atoms with Crippen molar-refractivity contribution in [3.05, 3.63) is 47.2 Å². The average Bonchev–Trinajstić information content (AvgIpc) is 2.65. The zero-order valence-electron chi connectivity index (χ0n) is 15.0. The molecule has 0 atom stereocenters. The molecular weight excluding hydrogens is 350 g/mol. The molecule has 0 aromatic heterocycles. The number of nitrogens with two attached hydrogens (primary N) is 1. The van der Waals surface area contributed by atoms with Crippen LogP contribution < -0.4 is 11.1 Å². The van der Waals surface area contributed by atoms with Crippen molar-refractivity contribution in [1.29, 1.82) is 5.26 Å². The van der Waals surface area contributed by atoms with E-state index in [0.29, 0.717) is 5.56 Å². The fourth-order valence-corrected chi connectivity index (χ4v) is 2.05. The molecule has 0 heterocycles. The summed E-state index contributed by atoms with van der Waals surface area (Å²) in [5, 5.41) is 11.3. The number of nitrogens with one attached hydrogen (secondary N) is 1. The SMILES string of the molecule is CC(N)=C(C#N)C(=O)COC(=O)CCNC(=O)CCC(=O)c1ccccc1. The lowest BCUT2D eigenvalue weighted by Crippen LogP contribution is -2.27. The Morgan fingerprint density at radius 2 is 1.78 bits per heavy atom. The molecule has 142 valence electrons. The second-order valence-corrected chi connectivity index (χ2v) is 5.64. The van der Waals surface area contributed by atoms with Crippen molar-refractivity contribution in [1.82, 2.24) is 5.32 Å². The molecule has 1 amide bonds. The minimum atomic E-state index is -0.698. The number of nitriles is 1. The Kier molecular flexibility index (Phi) is 8.95. The Morgan fingerprint density at radius 3 is 2.37 bits per heavy atom. The van der Waals surface area contributed by atoms with Gasteiger partial charge in [0, 0.05) is 30.6 Å². The Balaban J connectivity index is 2.25. The van der Waals surface area contributed by atoms with Crippen LogP contribution in [0.25, 0.3) is 0 Å². The molecular formula is C19H21N3O5. The van der Waals surface area contributed by atoms with Crippen molar-refractivity contribution in [2.24, 2.45) is 5.73 Å². The molecule has 0 saturated carbocycles. The van der Waals surface area contributed by atoms with E-state index in [4.69, 9.17) is 15.7 Å². The molecule has 27 heavy (non-hydrogen) atoms. The van der Waals surface area contributed by atoms with E-state index >= 15 is 0 Å². The summed E-state index contributed by atoms with van der Waals surface area (Å²) in [6, 6.07) is 10.3. The van der Waals surface area contributed by atoms with Crippen LogP contribution in [-0.2, 0) is 19.1 Å². The van der Waals surface area contributed by atoms with Gasteiger partial charge in [0.25, 0.3) is 0 Å². The first-order chi connectivity index (χ1) is 12.8. The van der Waals surface area contributed by atoms with Gasteiger partial charge in [0.05, 0.1) is 6.42 Å². The van der Waals surface area contributed by atoms with Gasteiger partial charge in [-0.2, -0.15) is 5.26 Å². The number of nitrogens with zero attached hydrogens (tertiary/aromatic N) is 1. The van der Waals surface area contributed by atoms with Crippen molar-refractivity contribution in [3.63, 3.8) is 0 Å². The largest absolute Gasteiger partial charge is 0.457 e. The predicted octanol–water partition coefficient (Wildman–Crippen LogP) is 1.02. The van der Waals surface area contributed by atoms with Crippen molar-refractivity contribution in [2.75, 3.05) is 13.2 Å². The van der Waals surface area contributed by atoms with Crippen LogP contribution in [0.2, 0.25) is 0 Å². The highest BCUT2D eigenvalue weighted by Gasteiger charge is 2.14. The first-order valence-corrected chi connectivity index (χ1v) is 8.25. The predicted molar refractivity (Wildman–Crippen MR) is 96.1 cm³/mol. The molecule has 0 saturated heterocycles. The molecule has 8 nitrogen and oxygen atoms in total. The third kappa shape index (κ3) is 7.96. The summed E-state index contributed by atoms with van der Waals surface area (Å²) in [6.45, 7) is 0.828. The molecule has 1 aromatic carbocycles. The van der Waals surface area contributed by atoms with E-state index in [0.717, 1.165) is 0 Å². The Bertz CT molecular complexity index is 774. The van der Waals surface area contributed by atoms with Gasteiger partial charge in [-0.15, -0.1) is 0 Å². The summed E-state index contributed by atoms with van der Waals surface area (Å²) in [6.07, 6.45) is -0.0667. The maximum atomic E-state index is 11.9. The van der Waals surface area contributed by atoms with Gasteiger partial charge in [0.1, 0.15) is 11.6 Å². The summed E-state index contributed by atoms with van der Waals surface area (Å²) in [5.74, 6) is -1.89. The van der Waals surface area contributed by atoms with E-state index in [1.165, 1.54) is 6.92 Å². The van der Waals surface area contributed by atoms with Gasteiger partial charge in [-0.1, -0.05) is 30.3 Å². The zero-order chi connectivity index (χ0) is 20.2. The Hall–Kier alpha value is -3.47. The van der Waals surface area contributed by atoms with Crippen LogP contribution in [0.4, 0.5) is 0 Å². The van der Waals surface area contributed by atoms with Gasteiger partial charge in [-0.3, -0.25) is 19.2 Å². The number of carbonyl (C=O) groups is 4. The number of ketones is 2. The van der Waals surface area contributed by atoms with E-state index in [1.807, 2.05) is 0 Å². The molecule has 0 bridgehead atoms. The van der Waals surface area contributed by atoms with E-state index in [-0.39, 0.29) is 48.8 Å². The van der Waals surface area contributed by atoms with Gasteiger partial charge < -0.3 is 15.8 Å². The lowest BCUT2D eigenvalue weighted by atomic mass is 10.1. The third-order valence-corrected chi connectivity index (χ3v) is 3.48. The lowest BCUT2D eigenvalue weighted by Gasteiger charge is -2.06. The topological polar surface area (TPSA) is 139 Å². The standard InChI is InChI=1S/C19H21N3O5/c1-13(21)15(11-20)17(24)12-27-19(26)9-10-22-18(25)8-7-16(23)14-5-3-2-4-6-14/h2-6H,7-10,12,21H2,1H3,(H,22,25). The van der Waals surface area contributed by atoms with Crippen LogP contribution >= 0.6 is 0 Å². The molecule has 8 heteroatoms. The number of ether oxygens (including phenoxy) is 1. The normalized spacial score (nSPS) is 11.0. The molecule has 0 aliphatic heterocycles. The first kappa shape index (κ1) is 21.6. The highest BCUT2D eigenvalue weighted by atomic mass is 16.5. The fourth-order valence-electron chi connectivity index (χ4n) is 2.05. The number of Topliss-reactive ketones (excluding diaryl/α,β-unsaturated/α-hetero) is 2. The van der Waals surface area contributed by atoms with Crippen LogP contribution in [-0.4, -0.2) is 36.6 Å². The molecule has 1 rings (SSSR count). The Labute approximate surface area is 157 Å². The highest BCUT2D eigenvalue weighted by Crippen LogP contribution is 2.05. The van der Waals surface area contributed by atoms with E-state index < -0.39 is 18.4 Å². The number of esters is 1. The summed E-state index contributed by atoms with van der Waals surface area (Å²) >= 11 is 0. The maximum Gasteiger partial charge on any atom is 0.308 e. The van der Waals surface area contributed by atoms with E-state index in [1.54, 1.807) is 36.4 Å². The molecule has 3 N–H and O–H groups in total. The molecule has 1 aromatic rings. The Morgan fingerprint density at radius 1 is 1.11 bits per heavy atom. The number of amides is 1. The van der Waals surface area contributed by atoms with Crippen molar-refractivity contribution in [3.8, 4) is 6.07 Å². The zero-order valence-corrected chi connectivity index (χ0v) is 15.0. The fraction of sp³-hybridized carbons (Fsp3) is 0.316. The molecule has 0 aliphatic rings. The minimum Gasteiger partial charge on any atom is -0.457 e. The quantitative estimate of drug-likeness (QED) is 0.271. The van der Waals surface area contributed by atoms with Gasteiger partial charge in [0.15, 0.2) is 12.4 Å². The molecule has 0 unspecified atom stereocenters. The molecule has 0 aliphatic carbocycles. The van der Waals surface area contributed by atoms with Crippen LogP contribution in [0.3, 0.4) is 0 Å². The molecule has 0 fully saturated rings. The summed E-state index contributed by atoms with van der Waals surface area (Å²) in [5.41, 5.74) is 5.72. The van der Waals surface area contributed by atoms with Crippen molar-refractivity contribution < 1.29 is 23.9 Å². The first-order valence-electron chi connectivity index (χ1n) is 8.25. The maximum absolute atomic E-state index is 11.9. The van der Waals surface area contributed by atoms with Gasteiger partial charge >= 0.3 is 5.97 Å². The van der Waals surface area contributed by atoms with E-state index in [2.05, 4.69) is 5.32 Å². The minimum absolute atomic E-state index is 0.00730. The highest BCUT2D eigenvalue weighted by molar-refractivity contribution is 6.01. The molecule has 0 spiro atoms. The molecule has 0 radical (unpaired) electrons. The van der Waals surface area contributed by atoms with Crippen LogP contribution in [0.1, 0.15) is 36.5 Å². The van der Waals surface area contributed by atoms with Gasteiger partial charge in [-0.25, -0.2) is 0 Å².